The van der Waals surface area contributed by atoms with E-state index in [9.17, 15) is 71.5 Å². The van der Waals surface area contributed by atoms with Gasteiger partial charge in [-0.15, -0.1) is 0 Å². The maximum atomic E-state index is 13.9. The molecule has 46 heavy (non-hydrogen) atoms. The summed E-state index contributed by atoms with van der Waals surface area (Å²) in [4.78, 5) is 35.1. The van der Waals surface area contributed by atoms with Crippen LogP contribution in [0.15, 0.2) is 12.7 Å². The number of nitrogens with one attached hydrogen (secondary N) is 2. The van der Waals surface area contributed by atoms with Crippen LogP contribution in [0.3, 0.4) is 0 Å². The molecule has 0 radical (unpaired) electrons. The highest BCUT2D eigenvalue weighted by Gasteiger charge is 2.90. The highest BCUT2D eigenvalue weighted by atomic mass is 19.4. The van der Waals surface area contributed by atoms with Crippen molar-refractivity contribution >= 4 is 18.2 Å². The van der Waals surface area contributed by atoms with Gasteiger partial charge >= 0.3 is 53.9 Å². The summed E-state index contributed by atoms with van der Waals surface area (Å²) in [5, 5.41) is 4.67. The molecule has 21 heteroatoms. The molecule has 1 aliphatic rings. The predicted molar refractivity (Wildman–Crippen MR) is 130 cm³/mol. The number of carbonyl (C=O) groups is 3. The van der Waals surface area contributed by atoms with Crippen LogP contribution in [0.2, 0.25) is 0 Å². The Labute approximate surface area is 253 Å². The first-order chi connectivity index (χ1) is 20.5. The van der Waals surface area contributed by atoms with Crippen LogP contribution in [-0.4, -0.2) is 86.4 Å². The van der Waals surface area contributed by atoms with Gasteiger partial charge in [-0.3, -0.25) is 0 Å². The van der Waals surface area contributed by atoms with E-state index in [0.717, 1.165) is 6.08 Å². The normalized spacial score (nSPS) is 21.2. The standard InChI is InChI=1S/C25H31F13N2O6/c1-5-15(41)44-8-9-46-17(43)40-14-10-18(2,3)12-19(4,11-14)13-39-16(42)45-7-6-20(26,27)21(28,29)22(30,31)23(32,33)24(34,35)25(36,37)38/h5,14H,1,6-13H2,2-4H3,(H,39,42)(H,40,43). The summed E-state index contributed by atoms with van der Waals surface area (Å²) in [5.41, 5.74) is -1.34. The summed E-state index contributed by atoms with van der Waals surface area (Å²) in [6.45, 7) is 5.66. The number of hydrogen-bond donors (Lipinski definition) is 2. The van der Waals surface area contributed by atoms with Crippen LogP contribution in [0.4, 0.5) is 66.7 Å². The van der Waals surface area contributed by atoms with E-state index in [4.69, 9.17) is 4.74 Å². The molecule has 1 saturated carbocycles. The van der Waals surface area contributed by atoms with Crippen molar-refractivity contribution in [2.24, 2.45) is 10.8 Å². The van der Waals surface area contributed by atoms with Crippen molar-refractivity contribution in [3.63, 3.8) is 0 Å². The van der Waals surface area contributed by atoms with E-state index in [2.05, 4.69) is 26.7 Å². The third-order valence-corrected chi connectivity index (χ3v) is 6.80. The molecular formula is C25H31F13N2O6. The number of halogens is 13. The minimum Gasteiger partial charge on any atom is -0.459 e. The molecule has 0 saturated heterocycles. The number of alkyl carbamates (subject to hydrolysis) is 2. The number of amides is 2. The fourth-order valence-corrected chi connectivity index (χ4v) is 4.98. The van der Waals surface area contributed by atoms with Gasteiger partial charge in [-0.25, -0.2) is 14.4 Å². The zero-order chi connectivity index (χ0) is 36.2. The average molecular weight is 703 g/mol. The Bertz CT molecular complexity index is 1110. The lowest BCUT2D eigenvalue weighted by atomic mass is 9.62. The van der Waals surface area contributed by atoms with Crippen LogP contribution < -0.4 is 10.6 Å². The number of rotatable bonds is 14. The van der Waals surface area contributed by atoms with Gasteiger partial charge in [-0.2, -0.15) is 57.1 Å². The second-order valence-corrected chi connectivity index (χ2v) is 11.6. The zero-order valence-corrected chi connectivity index (χ0v) is 24.4. The number of ether oxygens (including phenoxy) is 3. The Hall–Kier alpha value is -3.16. The lowest BCUT2D eigenvalue weighted by molar-refractivity contribution is -0.440. The number of carbonyl (C=O) groups excluding carboxylic acids is 3. The number of alkyl halides is 13. The van der Waals surface area contributed by atoms with Gasteiger partial charge in [0.15, 0.2) is 0 Å². The molecular weight excluding hydrogens is 671 g/mol. The molecule has 2 N–H and O–H groups in total. The van der Waals surface area contributed by atoms with Gasteiger partial charge in [-0.1, -0.05) is 27.4 Å². The van der Waals surface area contributed by atoms with Crippen molar-refractivity contribution in [3.8, 4) is 0 Å². The SMILES string of the molecule is C=CC(=O)OCCOC(=O)NC1CC(C)(C)CC(C)(CNC(=O)OCCC(F)(F)C(F)(F)C(F)(F)C(F)(F)C(F)(F)C(F)(F)F)C1. The fraction of sp³-hybridized carbons (Fsp3) is 0.800. The third kappa shape index (κ3) is 9.22. The van der Waals surface area contributed by atoms with Crippen LogP contribution in [0, 0.1) is 10.8 Å². The Kier molecular flexibility index (Phi) is 12.4. The molecule has 2 amide bonds. The molecule has 0 bridgehead atoms. The molecule has 2 unspecified atom stereocenters. The van der Waals surface area contributed by atoms with E-state index in [1.807, 2.05) is 0 Å². The zero-order valence-electron chi connectivity index (χ0n) is 24.4. The van der Waals surface area contributed by atoms with Crippen LogP contribution in [0.5, 0.6) is 0 Å². The minimum absolute atomic E-state index is 0.174. The molecule has 0 aromatic carbocycles. The monoisotopic (exact) mass is 702 g/mol. The maximum Gasteiger partial charge on any atom is 0.460 e. The summed E-state index contributed by atoms with van der Waals surface area (Å²) in [5.74, 6) is -38.4. The van der Waals surface area contributed by atoms with Crippen LogP contribution in [0.25, 0.3) is 0 Å². The summed E-state index contributed by atoms with van der Waals surface area (Å²) in [6, 6.07) is -0.555. The minimum atomic E-state index is -8.02. The summed E-state index contributed by atoms with van der Waals surface area (Å²) in [7, 11) is 0. The Balaban J connectivity index is 2.79. The van der Waals surface area contributed by atoms with Crippen LogP contribution in [-0.2, 0) is 19.0 Å². The number of esters is 1. The molecule has 2 atom stereocenters. The highest BCUT2D eigenvalue weighted by molar-refractivity contribution is 5.81. The van der Waals surface area contributed by atoms with Gasteiger partial charge in [0.05, 0.1) is 13.0 Å². The van der Waals surface area contributed by atoms with Crippen molar-refractivity contribution in [2.45, 2.75) is 88.3 Å². The van der Waals surface area contributed by atoms with E-state index >= 15 is 0 Å². The molecule has 0 aromatic heterocycles. The van der Waals surface area contributed by atoms with E-state index in [1.54, 1.807) is 20.8 Å². The number of hydrogen-bond acceptors (Lipinski definition) is 6. The van der Waals surface area contributed by atoms with Crippen molar-refractivity contribution in [1.29, 1.82) is 0 Å². The highest BCUT2D eigenvalue weighted by Crippen LogP contribution is 2.60. The largest absolute Gasteiger partial charge is 0.460 e. The van der Waals surface area contributed by atoms with Gasteiger partial charge in [0, 0.05) is 18.7 Å². The van der Waals surface area contributed by atoms with Gasteiger partial charge in [0.1, 0.15) is 13.2 Å². The second-order valence-electron chi connectivity index (χ2n) is 11.6. The fourth-order valence-electron chi connectivity index (χ4n) is 4.98. The molecule has 1 rings (SSSR count). The summed E-state index contributed by atoms with van der Waals surface area (Å²) in [6.07, 6.45) is -10.8. The van der Waals surface area contributed by atoms with Crippen molar-refractivity contribution < 1.29 is 85.7 Å². The van der Waals surface area contributed by atoms with Crippen LogP contribution >= 0.6 is 0 Å². The molecule has 0 aliphatic heterocycles. The lowest BCUT2D eigenvalue weighted by Crippen LogP contribution is -2.70. The Morgan fingerprint density at radius 3 is 1.76 bits per heavy atom. The molecule has 8 nitrogen and oxygen atoms in total. The van der Waals surface area contributed by atoms with Gasteiger partial charge < -0.3 is 24.8 Å². The molecule has 1 fully saturated rings. The predicted octanol–water partition coefficient (Wildman–Crippen LogP) is 6.88. The van der Waals surface area contributed by atoms with Gasteiger partial charge in [0.25, 0.3) is 0 Å². The van der Waals surface area contributed by atoms with Gasteiger partial charge in [0.2, 0.25) is 0 Å². The lowest BCUT2D eigenvalue weighted by Gasteiger charge is -2.46. The van der Waals surface area contributed by atoms with E-state index in [0.29, 0.717) is 12.8 Å². The topological polar surface area (TPSA) is 103 Å². The van der Waals surface area contributed by atoms with E-state index in [-0.39, 0.29) is 26.2 Å². The molecule has 268 valence electrons. The van der Waals surface area contributed by atoms with E-state index < -0.39 is 83.8 Å². The second kappa shape index (κ2) is 13.9. The summed E-state index contributed by atoms with van der Waals surface area (Å²) >= 11 is 0. The smallest absolute Gasteiger partial charge is 0.459 e. The van der Waals surface area contributed by atoms with Crippen molar-refractivity contribution in [2.75, 3.05) is 26.4 Å². The average Bonchev–Trinajstić information content (AvgIpc) is 2.87. The van der Waals surface area contributed by atoms with E-state index in [1.165, 1.54) is 0 Å². The quantitative estimate of drug-likeness (QED) is 0.0673. The first-order valence-electron chi connectivity index (χ1n) is 13.1. The first kappa shape index (κ1) is 40.9. The Morgan fingerprint density at radius 2 is 1.24 bits per heavy atom. The van der Waals surface area contributed by atoms with Crippen LogP contribution in [0.1, 0.15) is 46.5 Å². The molecule has 1 aliphatic carbocycles. The van der Waals surface area contributed by atoms with Crippen molar-refractivity contribution in [3.05, 3.63) is 12.7 Å². The summed E-state index contributed by atoms with van der Waals surface area (Å²) < 4.78 is 185. The Morgan fingerprint density at radius 1 is 0.739 bits per heavy atom. The van der Waals surface area contributed by atoms with Gasteiger partial charge in [-0.05, 0) is 30.1 Å². The molecule has 0 spiro atoms. The molecule has 0 heterocycles. The van der Waals surface area contributed by atoms with Crippen molar-refractivity contribution in [1.82, 2.24) is 10.6 Å². The maximum absolute atomic E-state index is 13.9. The third-order valence-electron chi connectivity index (χ3n) is 6.80. The molecule has 0 aromatic rings. The first-order valence-corrected chi connectivity index (χ1v) is 13.1.